The Morgan fingerprint density at radius 2 is 1.70 bits per heavy atom. The lowest BCUT2D eigenvalue weighted by Gasteiger charge is -2.33. The van der Waals surface area contributed by atoms with Crippen LogP contribution in [-0.2, 0) is 10.0 Å². The number of hydrogen-bond acceptors (Lipinski definition) is 4. The summed E-state index contributed by atoms with van der Waals surface area (Å²) in [4.78, 5) is 19.3. The van der Waals surface area contributed by atoms with Gasteiger partial charge in [-0.15, -0.1) is 0 Å². The van der Waals surface area contributed by atoms with Gasteiger partial charge in [0.1, 0.15) is 5.69 Å². The van der Waals surface area contributed by atoms with Gasteiger partial charge in [0.15, 0.2) is 0 Å². The zero-order valence-electron chi connectivity index (χ0n) is 15.5. The number of para-hydroxylation sites is 1. The van der Waals surface area contributed by atoms with Crippen molar-refractivity contribution >= 4 is 26.8 Å². The van der Waals surface area contributed by atoms with Gasteiger partial charge in [0.2, 0.25) is 10.0 Å². The van der Waals surface area contributed by atoms with Gasteiger partial charge in [0.25, 0.3) is 5.91 Å². The Bertz CT molecular complexity index is 952. The molecule has 0 saturated carbocycles. The van der Waals surface area contributed by atoms with Crippen molar-refractivity contribution in [3.05, 3.63) is 42.1 Å². The third-order valence-electron chi connectivity index (χ3n) is 5.96. The van der Waals surface area contributed by atoms with E-state index in [0.717, 1.165) is 43.3 Å². The number of carbonyl (C=O) groups excluding carboxylic acids is 1. The summed E-state index contributed by atoms with van der Waals surface area (Å²) < 4.78 is 24.9. The molecule has 1 aromatic heterocycles. The quantitative estimate of drug-likeness (QED) is 0.811. The summed E-state index contributed by atoms with van der Waals surface area (Å²) in [5.74, 6) is 0.943. The molecule has 1 amide bonds. The molecule has 0 aliphatic carbocycles. The molecule has 0 bridgehead atoms. The Balaban J connectivity index is 1.39. The van der Waals surface area contributed by atoms with E-state index in [-0.39, 0.29) is 5.91 Å². The number of hydrogen-bond donors (Lipinski definition) is 0. The average Bonchev–Trinajstić information content (AvgIpc) is 3.16. The van der Waals surface area contributed by atoms with Gasteiger partial charge in [-0.1, -0.05) is 24.3 Å². The number of amides is 1. The van der Waals surface area contributed by atoms with E-state index in [0.29, 0.717) is 30.6 Å². The monoisotopic (exact) mass is 387 g/mol. The molecule has 2 saturated heterocycles. The molecule has 0 radical (unpaired) electrons. The minimum absolute atomic E-state index is 0.00294. The van der Waals surface area contributed by atoms with Gasteiger partial charge in [-0.3, -0.25) is 4.79 Å². The highest BCUT2D eigenvalue weighted by molar-refractivity contribution is 7.88. The number of carbonyl (C=O) groups is 1. The summed E-state index contributed by atoms with van der Waals surface area (Å²) >= 11 is 0. The maximum Gasteiger partial charge on any atom is 0.272 e. The van der Waals surface area contributed by atoms with Gasteiger partial charge in [0, 0.05) is 31.6 Å². The maximum absolute atomic E-state index is 12.9. The Hall–Kier alpha value is -1.99. The van der Waals surface area contributed by atoms with Crippen LogP contribution in [0.3, 0.4) is 0 Å². The van der Waals surface area contributed by atoms with Crippen LogP contribution in [-0.4, -0.2) is 60.9 Å². The van der Waals surface area contributed by atoms with Gasteiger partial charge in [0.05, 0.1) is 11.8 Å². The molecule has 6 nitrogen and oxygen atoms in total. The molecule has 2 aliphatic rings. The molecular formula is C20H25N3O3S. The van der Waals surface area contributed by atoms with E-state index in [9.17, 15) is 13.2 Å². The molecule has 144 valence electrons. The number of piperidine rings is 1. The largest absolute Gasteiger partial charge is 0.337 e. The molecule has 27 heavy (non-hydrogen) atoms. The third-order valence-corrected chi connectivity index (χ3v) is 7.27. The first-order chi connectivity index (χ1) is 12.9. The standard InChI is InChI=1S/C20H25N3O3S/c1-27(25,26)23-12-9-15(10-13-23)17-8-11-22(14-17)20(24)19-7-6-16-4-2-3-5-18(16)21-19/h2-7,15,17H,8-14H2,1H3. The van der Waals surface area contributed by atoms with Crippen molar-refractivity contribution in [3.63, 3.8) is 0 Å². The molecule has 2 aromatic rings. The molecule has 1 unspecified atom stereocenters. The molecule has 4 rings (SSSR count). The molecular weight excluding hydrogens is 362 g/mol. The SMILES string of the molecule is CS(=O)(=O)N1CCC(C2CCN(C(=O)c3ccc4ccccc4n3)C2)CC1. The highest BCUT2D eigenvalue weighted by atomic mass is 32.2. The fraction of sp³-hybridized carbons (Fsp3) is 0.500. The molecule has 3 heterocycles. The molecule has 0 spiro atoms. The van der Waals surface area contributed by atoms with Gasteiger partial charge in [-0.2, -0.15) is 0 Å². The minimum atomic E-state index is -3.09. The Labute approximate surface area is 160 Å². The maximum atomic E-state index is 12.9. The molecule has 0 N–H and O–H groups in total. The average molecular weight is 388 g/mol. The second kappa shape index (κ2) is 7.20. The van der Waals surface area contributed by atoms with Crippen LogP contribution in [0, 0.1) is 11.8 Å². The van der Waals surface area contributed by atoms with E-state index in [2.05, 4.69) is 4.98 Å². The van der Waals surface area contributed by atoms with Crippen LogP contribution in [0.4, 0.5) is 0 Å². The van der Waals surface area contributed by atoms with Crippen LogP contribution >= 0.6 is 0 Å². The van der Waals surface area contributed by atoms with Crippen LogP contribution in [0.15, 0.2) is 36.4 Å². The Morgan fingerprint density at radius 1 is 1.00 bits per heavy atom. The second-order valence-corrected chi connectivity index (χ2v) is 9.67. The first-order valence-electron chi connectivity index (χ1n) is 9.52. The second-order valence-electron chi connectivity index (χ2n) is 7.69. The summed E-state index contributed by atoms with van der Waals surface area (Å²) in [7, 11) is -3.09. The molecule has 7 heteroatoms. The number of likely N-dealkylation sites (tertiary alicyclic amines) is 1. The van der Waals surface area contributed by atoms with Crippen molar-refractivity contribution in [2.75, 3.05) is 32.4 Å². The van der Waals surface area contributed by atoms with Crippen molar-refractivity contribution in [1.82, 2.24) is 14.2 Å². The van der Waals surface area contributed by atoms with Crippen molar-refractivity contribution in [3.8, 4) is 0 Å². The van der Waals surface area contributed by atoms with E-state index in [1.807, 2.05) is 41.3 Å². The first-order valence-corrected chi connectivity index (χ1v) is 11.4. The predicted molar refractivity (Wildman–Crippen MR) is 105 cm³/mol. The van der Waals surface area contributed by atoms with E-state index in [1.54, 1.807) is 4.31 Å². The van der Waals surface area contributed by atoms with E-state index < -0.39 is 10.0 Å². The summed E-state index contributed by atoms with van der Waals surface area (Å²) in [5.41, 5.74) is 1.34. The number of sulfonamides is 1. The summed E-state index contributed by atoms with van der Waals surface area (Å²) in [6.07, 6.45) is 4.03. The molecule has 1 aromatic carbocycles. The fourth-order valence-electron chi connectivity index (χ4n) is 4.38. The lowest BCUT2D eigenvalue weighted by atomic mass is 9.84. The van der Waals surface area contributed by atoms with Crippen LogP contribution in [0.5, 0.6) is 0 Å². The van der Waals surface area contributed by atoms with Crippen molar-refractivity contribution < 1.29 is 13.2 Å². The number of benzene rings is 1. The highest BCUT2D eigenvalue weighted by Gasteiger charge is 2.35. The Morgan fingerprint density at radius 3 is 2.44 bits per heavy atom. The summed E-state index contributed by atoms with van der Waals surface area (Å²) in [6.45, 7) is 2.70. The normalized spacial score (nSPS) is 22.4. The van der Waals surface area contributed by atoms with Crippen LogP contribution in [0.2, 0.25) is 0 Å². The number of aromatic nitrogens is 1. The number of rotatable bonds is 3. The van der Waals surface area contributed by atoms with E-state index in [1.165, 1.54) is 6.26 Å². The third kappa shape index (κ3) is 3.84. The smallest absolute Gasteiger partial charge is 0.272 e. The van der Waals surface area contributed by atoms with Gasteiger partial charge in [-0.25, -0.2) is 17.7 Å². The topological polar surface area (TPSA) is 70.6 Å². The zero-order valence-corrected chi connectivity index (χ0v) is 16.4. The number of fused-ring (bicyclic) bond motifs is 1. The zero-order chi connectivity index (χ0) is 19.0. The van der Waals surface area contributed by atoms with Crippen LogP contribution in [0.1, 0.15) is 29.8 Å². The van der Waals surface area contributed by atoms with Crippen molar-refractivity contribution in [2.45, 2.75) is 19.3 Å². The number of nitrogens with zero attached hydrogens (tertiary/aromatic N) is 3. The van der Waals surface area contributed by atoms with Gasteiger partial charge in [-0.05, 0) is 43.2 Å². The lowest BCUT2D eigenvalue weighted by molar-refractivity contribution is 0.0773. The van der Waals surface area contributed by atoms with E-state index >= 15 is 0 Å². The summed E-state index contributed by atoms with van der Waals surface area (Å²) in [6, 6.07) is 11.6. The van der Waals surface area contributed by atoms with Gasteiger partial charge >= 0.3 is 0 Å². The molecule has 2 aliphatic heterocycles. The van der Waals surface area contributed by atoms with Crippen molar-refractivity contribution in [2.24, 2.45) is 11.8 Å². The van der Waals surface area contributed by atoms with Crippen molar-refractivity contribution in [1.29, 1.82) is 0 Å². The first kappa shape index (κ1) is 18.4. The van der Waals surface area contributed by atoms with Gasteiger partial charge < -0.3 is 4.90 Å². The van der Waals surface area contributed by atoms with Crippen LogP contribution in [0.25, 0.3) is 10.9 Å². The van der Waals surface area contributed by atoms with E-state index in [4.69, 9.17) is 0 Å². The fourth-order valence-corrected chi connectivity index (χ4v) is 5.26. The predicted octanol–water partition coefficient (Wildman–Crippen LogP) is 2.37. The van der Waals surface area contributed by atoms with Crippen LogP contribution < -0.4 is 0 Å². The number of pyridine rings is 1. The lowest BCUT2D eigenvalue weighted by Crippen LogP contribution is -2.40. The Kier molecular flexibility index (Phi) is 4.90. The molecule has 1 atom stereocenters. The highest BCUT2D eigenvalue weighted by Crippen LogP contribution is 2.33. The minimum Gasteiger partial charge on any atom is -0.337 e. The molecule has 2 fully saturated rings. The summed E-state index contributed by atoms with van der Waals surface area (Å²) in [5, 5.41) is 1.03.